The molecule has 0 aromatic carbocycles. The van der Waals surface area contributed by atoms with Crippen molar-refractivity contribution in [2.24, 2.45) is 12.0 Å². The van der Waals surface area contributed by atoms with Gasteiger partial charge in [0.05, 0.1) is 17.8 Å². The summed E-state index contributed by atoms with van der Waals surface area (Å²) in [5.41, 5.74) is 1.14. The quantitative estimate of drug-likeness (QED) is 0.420. The summed E-state index contributed by atoms with van der Waals surface area (Å²) in [6.07, 6.45) is 4.42. The minimum atomic E-state index is 0.505. The molecule has 2 aromatic heterocycles. The molecular weight excluding hydrogens is 340 g/mol. The Morgan fingerprint density at radius 1 is 1.48 bits per heavy atom. The summed E-state index contributed by atoms with van der Waals surface area (Å²) in [6, 6.07) is 5.75. The molecule has 0 amide bonds. The molecule has 25 heavy (non-hydrogen) atoms. The lowest BCUT2D eigenvalue weighted by molar-refractivity contribution is 0.105. The zero-order valence-electron chi connectivity index (χ0n) is 15.2. The molecule has 6 nitrogen and oxygen atoms in total. The second-order valence-electron chi connectivity index (χ2n) is 5.84. The highest BCUT2D eigenvalue weighted by Gasteiger charge is 2.09. The second-order valence-corrected chi connectivity index (χ2v) is 6.27. The number of nitrogens with one attached hydrogen (secondary N) is 1. The number of guanidine groups is 1. The maximum Gasteiger partial charge on any atom is 0.194 e. The van der Waals surface area contributed by atoms with Crippen molar-refractivity contribution in [3.63, 3.8) is 0 Å². The van der Waals surface area contributed by atoms with E-state index in [0.29, 0.717) is 19.8 Å². The maximum atomic E-state index is 6.05. The van der Waals surface area contributed by atoms with Crippen LogP contribution in [-0.2, 0) is 24.9 Å². The van der Waals surface area contributed by atoms with E-state index in [-0.39, 0.29) is 0 Å². The van der Waals surface area contributed by atoms with Crippen LogP contribution in [-0.4, -0.2) is 42.2 Å². The summed E-state index contributed by atoms with van der Waals surface area (Å²) < 4.78 is 12.8. The first kappa shape index (κ1) is 19.4. The van der Waals surface area contributed by atoms with Crippen LogP contribution in [0.1, 0.15) is 24.8 Å². The topological polar surface area (TPSA) is 54.9 Å². The van der Waals surface area contributed by atoms with Gasteiger partial charge in [-0.2, -0.15) is 0 Å². The third kappa shape index (κ3) is 6.48. The molecule has 0 radical (unpaired) electrons. The number of rotatable bonds is 9. The van der Waals surface area contributed by atoms with Crippen LogP contribution in [0.4, 0.5) is 0 Å². The predicted octanol–water partition coefficient (Wildman–Crippen LogP) is 3.28. The van der Waals surface area contributed by atoms with Crippen molar-refractivity contribution in [1.82, 2.24) is 14.8 Å². The normalized spacial score (nSPS) is 11.8. The first-order chi connectivity index (χ1) is 12.1. The average molecular weight is 367 g/mol. The Kier molecular flexibility index (Phi) is 7.88. The first-order valence-corrected chi connectivity index (χ1v) is 8.88. The molecule has 0 atom stereocenters. The van der Waals surface area contributed by atoms with Crippen LogP contribution in [0.3, 0.4) is 0 Å². The zero-order valence-corrected chi connectivity index (χ0v) is 15.9. The van der Waals surface area contributed by atoms with Gasteiger partial charge in [-0.1, -0.05) is 11.6 Å². The molecule has 2 rings (SSSR count). The molecule has 0 bridgehead atoms. The number of ether oxygens (including phenoxy) is 1. The largest absolute Gasteiger partial charge is 0.467 e. The third-order valence-corrected chi connectivity index (χ3v) is 3.91. The highest BCUT2D eigenvalue weighted by atomic mass is 35.5. The van der Waals surface area contributed by atoms with Gasteiger partial charge in [-0.15, -0.1) is 0 Å². The van der Waals surface area contributed by atoms with E-state index < -0.39 is 0 Å². The van der Waals surface area contributed by atoms with Crippen molar-refractivity contribution in [2.75, 3.05) is 26.7 Å². The Balaban J connectivity index is 1.77. The lowest BCUT2D eigenvalue weighted by atomic mass is 10.4. The van der Waals surface area contributed by atoms with Crippen molar-refractivity contribution in [3.8, 4) is 0 Å². The molecule has 1 N–H and O–H groups in total. The molecule has 0 aliphatic carbocycles. The Hall–Kier alpha value is -1.92. The second kappa shape index (κ2) is 10.2. The summed E-state index contributed by atoms with van der Waals surface area (Å²) in [5, 5.41) is 4.07. The maximum absolute atomic E-state index is 6.05. The third-order valence-electron chi connectivity index (χ3n) is 3.70. The first-order valence-electron chi connectivity index (χ1n) is 8.50. The molecule has 2 heterocycles. The fourth-order valence-corrected chi connectivity index (χ4v) is 2.70. The summed E-state index contributed by atoms with van der Waals surface area (Å²) in [6.45, 7) is 5.50. The van der Waals surface area contributed by atoms with Crippen LogP contribution in [0.5, 0.6) is 0 Å². The summed E-state index contributed by atoms with van der Waals surface area (Å²) in [5.74, 6) is 1.73. The van der Waals surface area contributed by atoms with Gasteiger partial charge in [0.1, 0.15) is 12.4 Å². The Morgan fingerprint density at radius 2 is 2.32 bits per heavy atom. The Bertz CT molecular complexity index is 652. The van der Waals surface area contributed by atoms with Crippen molar-refractivity contribution < 1.29 is 9.15 Å². The van der Waals surface area contributed by atoms with Gasteiger partial charge in [0.15, 0.2) is 5.96 Å². The van der Waals surface area contributed by atoms with E-state index in [1.54, 1.807) is 6.26 Å². The van der Waals surface area contributed by atoms with Gasteiger partial charge in [-0.05, 0) is 31.5 Å². The van der Waals surface area contributed by atoms with Crippen LogP contribution < -0.4 is 5.32 Å². The van der Waals surface area contributed by atoms with E-state index in [4.69, 9.17) is 20.8 Å². The van der Waals surface area contributed by atoms with E-state index in [1.165, 1.54) is 0 Å². The van der Waals surface area contributed by atoms with Crippen LogP contribution >= 0.6 is 11.6 Å². The molecule has 0 unspecified atom stereocenters. The van der Waals surface area contributed by atoms with E-state index in [1.807, 2.05) is 43.1 Å². The van der Waals surface area contributed by atoms with E-state index >= 15 is 0 Å². The van der Waals surface area contributed by atoms with E-state index in [0.717, 1.165) is 41.9 Å². The summed E-state index contributed by atoms with van der Waals surface area (Å²) >= 11 is 6.05. The zero-order chi connectivity index (χ0) is 18.1. The molecule has 0 saturated heterocycles. The monoisotopic (exact) mass is 366 g/mol. The van der Waals surface area contributed by atoms with Crippen molar-refractivity contribution in [3.05, 3.63) is 47.1 Å². The van der Waals surface area contributed by atoms with Gasteiger partial charge < -0.3 is 23.9 Å². The molecular formula is C18H27ClN4O2. The molecule has 0 saturated carbocycles. The smallest absolute Gasteiger partial charge is 0.194 e. The van der Waals surface area contributed by atoms with Gasteiger partial charge in [-0.25, -0.2) is 0 Å². The standard InChI is InChI=1S/C18H27ClN4O2/c1-4-20-18(23(3)13-16-11-15(19)12-22(16)2)21-8-6-9-24-14-17-7-5-10-25-17/h5,7,10-12H,4,6,8-9,13-14H2,1-3H3,(H,20,21). The summed E-state index contributed by atoms with van der Waals surface area (Å²) in [4.78, 5) is 6.76. The molecule has 0 fully saturated rings. The van der Waals surface area contributed by atoms with Crippen LogP contribution in [0.2, 0.25) is 5.02 Å². The van der Waals surface area contributed by atoms with Crippen LogP contribution in [0.15, 0.2) is 40.1 Å². The number of nitrogens with zero attached hydrogens (tertiary/aromatic N) is 3. The molecule has 0 spiro atoms. The minimum absolute atomic E-state index is 0.505. The Labute approximate surface area is 154 Å². The SMILES string of the molecule is CCNC(=NCCCOCc1ccco1)N(C)Cc1cc(Cl)cn1C. The number of hydrogen-bond donors (Lipinski definition) is 1. The van der Waals surface area contributed by atoms with Gasteiger partial charge in [0.25, 0.3) is 0 Å². The number of aromatic nitrogens is 1. The average Bonchev–Trinajstić information content (AvgIpc) is 3.19. The molecule has 0 aliphatic heterocycles. The van der Waals surface area contributed by atoms with E-state index in [9.17, 15) is 0 Å². The van der Waals surface area contributed by atoms with Crippen molar-refractivity contribution in [2.45, 2.75) is 26.5 Å². The Morgan fingerprint density at radius 3 is 2.96 bits per heavy atom. The molecule has 7 heteroatoms. The van der Waals surface area contributed by atoms with Gasteiger partial charge in [0, 0.05) is 45.7 Å². The fraction of sp³-hybridized carbons (Fsp3) is 0.500. The predicted molar refractivity (Wildman–Crippen MR) is 101 cm³/mol. The molecule has 2 aromatic rings. The number of halogens is 1. The summed E-state index contributed by atoms with van der Waals surface area (Å²) in [7, 11) is 4.02. The number of hydrogen-bond acceptors (Lipinski definition) is 3. The van der Waals surface area contributed by atoms with Crippen LogP contribution in [0, 0.1) is 0 Å². The van der Waals surface area contributed by atoms with Gasteiger partial charge in [0.2, 0.25) is 0 Å². The minimum Gasteiger partial charge on any atom is -0.467 e. The number of aryl methyl sites for hydroxylation is 1. The van der Waals surface area contributed by atoms with Crippen LogP contribution in [0.25, 0.3) is 0 Å². The van der Waals surface area contributed by atoms with Gasteiger partial charge >= 0.3 is 0 Å². The van der Waals surface area contributed by atoms with Crippen molar-refractivity contribution >= 4 is 17.6 Å². The highest BCUT2D eigenvalue weighted by Crippen LogP contribution is 2.14. The highest BCUT2D eigenvalue weighted by molar-refractivity contribution is 6.30. The molecule has 138 valence electrons. The lowest BCUT2D eigenvalue weighted by Crippen LogP contribution is -2.39. The lowest BCUT2D eigenvalue weighted by Gasteiger charge is -2.22. The molecule has 0 aliphatic rings. The van der Waals surface area contributed by atoms with E-state index in [2.05, 4.69) is 22.1 Å². The number of aliphatic imine (C=N–C) groups is 1. The van der Waals surface area contributed by atoms with Crippen molar-refractivity contribution in [1.29, 1.82) is 0 Å². The fourth-order valence-electron chi connectivity index (χ4n) is 2.43. The number of furan rings is 1. The van der Waals surface area contributed by atoms with Gasteiger partial charge in [-0.3, -0.25) is 4.99 Å².